The molecule has 0 aromatic heterocycles. The van der Waals surface area contributed by atoms with Gasteiger partial charge in [0, 0.05) is 0 Å². The van der Waals surface area contributed by atoms with E-state index in [0.717, 1.165) is 42.4 Å². The third-order valence-electron chi connectivity index (χ3n) is 4.04. The molecule has 1 fully saturated rings. The predicted octanol–water partition coefficient (Wildman–Crippen LogP) is 3.60. The van der Waals surface area contributed by atoms with Crippen LogP contribution >= 0.6 is 0 Å². The van der Waals surface area contributed by atoms with Gasteiger partial charge in [0.15, 0.2) is 0 Å². The first-order valence-corrected chi connectivity index (χ1v) is 7.93. The molecule has 1 aliphatic rings. The van der Waals surface area contributed by atoms with Crippen molar-refractivity contribution in [3.05, 3.63) is 28.8 Å². The highest BCUT2D eigenvalue weighted by molar-refractivity contribution is 7.85. The van der Waals surface area contributed by atoms with Gasteiger partial charge in [-0.3, -0.25) is 4.55 Å². The van der Waals surface area contributed by atoms with Crippen molar-refractivity contribution in [3.63, 3.8) is 0 Å². The lowest BCUT2D eigenvalue weighted by Gasteiger charge is -2.26. The molecule has 1 aromatic carbocycles. The van der Waals surface area contributed by atoms with Gasteiger partial charge < -0.3 is 0 Å². The number of rotatable bonds is 2. The molecule has 1 N–H and O–H groups in total. The van der Waals surface area contributed by atoms with Crippen LogP contribution in [-0.2, 0) is 10.1 Å². The molecule has 0 unspecified atom stereocenters. The standard InChI is InChI=1S/C14H20O3S/c1-10-8-9-13(18(15,16)17)14(11(10)2)12-6-4-3-5-7-12/h8-9,12H,3-7H2,1-2H3,(H,15,16,17). The average molecular weight is 268 g/mol. The molecule has 0 heterocycles. The van der Waals surface area contributed by atoms with Crippen molar-refractivity contribution in [2.75, 3.05) is 0 Å². The van der Waals surface area contributed by atoms with E-state index in [0.29, 0.717) is 0 Å². The van der Waals surface area contributed by atoms with E-state index in [2.05, 4.69) is 0 Å². The first kappa shape index (κ1) is 13.6. The lowest BCUT2D eigenvalue weighted by Crippen LogP contribution is -2.13. The molecule has 0 saturated heterocycles. The second-order valence-electron chi connectivity index (χ2n) is 5.23. The Morgan fingerprint density at radius 3 is 2.28 bits per heavy atom. The van der Waals surface area contributed by atoms with E-state index in [1.165, 1.54) is 6.42 Å². The van der Waals surface area contributed by atoms with Crippen molar-refractivity contribution in [2.24, 2.45) is 0 Å². The van der Waals surface area contributed by atoms with Gasteiger partial charge in [0.05, 0.1) is 4.90 Å². The molecular weight excluding hydrogens is 248 g/mol. The molecule has 2 rings (SSSR count). The van der Waals surface area contributed by atoms with E-state index in [4.69, 9.17) is 0 Å². The molecule has 1 aliphatic carbocycles. The van der Waals surface area contributed by atoms with E-state index in [-0.39, 0.29) is 10.8 Å². The molecule has 0 spiro atoms. The fourth-order valence-electron chi connectivity index (χ4n) is 2.94. The Bertz CT molecular complexity index is 540. The van der Waals surface area contributed by atoms with Gasteiger partial charge in [-0.25, -0.2) is 0 Å². The minimum absolute atomic E-state index is 0.109. The van der Waals surface area contributed by atoms with Gasteiger partial charge >= 0.3 is 0 Å². The van der Waals surface area contributed by atoms with Gasteiger partial charge in [0.1, 0.15) is 0 Å². The van der Waals surface area contributed by atoms with Gasteiger partial charge in [-0.05, 0) is 55.4 Å². The van der Waals surface area contributed by atoms with Gasteiger partial charge in [-0.1, -0.05) is 25.3 Å². The maximum absolute atomic E-state index is 11.5. The van der Waals surface area contributed by atoms with Gasteiger partial charge in [0.2, 0.25) is 0 Å². The smallest absolute Gasteiger partial charge is 0.282 e. The Labute approximate surface area is 109 Å². The van der Waals surface area contributed by atoms with E-state index in [1.54, 1.807) is 12.1 Å². The van der Waals surface area contributed by atoms with Crippen molar-refractivity contribution in [1.82, 2.24) is 0 Å². The van der Waals surface area contributed by atoms with Crippen LogP contribution < -0.4 is 0 Å². The molecular formula is C14H20O3S. The van der Waals surface area contributed by atoms with Gasteiger partial charge in [0.25, 0.3) is 10.1 Å². The summed E-state index contributed by atoms with van der Waals surface area (Å²) in [4.78, 5) is 0.109. The summed E-state index contributed by atoms with van der Waals surface area (Å²) in [6.45, 7) is 3.93. The first-order chi connectivity index (χ1) is 8.41. The largest absolute Gasteiger partial charge is 0.294 e. The normalized spacial score (nSPS) is 17.9. The fraction of sp³-hybridized carbons (Fsp3) is 0.571. The van der Waals surface area contributed by atoms with Gasteiger partial charge in [-0.2, -0.15) is 8.42 Å². The van der Waals surface area contributed by atoms with Gasteiger partial charge in [-0.15, -0.1) is 0 Å². The molecule has 0 radical (unpaired) electrons. The Balaban J connectivity index is 2.58. The molecule has 0 aliphatic heterocycles. The number of benzene rings is 1. The zero-order chi connectivity index (χ0) is 13.3. The highest BCUT2D eigenvalue weighted by atomic mass is 32.2. The molecule has 100 valence electrons. The lowest BCUT2D eigenvalue weighted by atomic mass is 9.81. The van der Waals surface area contributed by atoms with Crippen molar-refractivity contribution < 1.29 is 13.0 Å². The molecule has 1 saturated carbocycles. The van der Waals surface area contributed by atoms with E-state index < -0.39 is 10.1 Å². The molecule has 0 amide bonds. The first-order valence-electron chi connectivity index (χ1n) is 6.49. The van der Waals surface area contributed by atoms with Crippen molar-refractivity contribution >= 4 is 10.1 Å². The molecule has 0 bridgehead atoms. The zero-order valence-corrected chi connectivity index (χ0v) is 11.8. The molecule has 18 heavy (non-hydrogen) atoms. The Hall–Kier alpha value is -0.870. The van der Waals surface area contributed by atoms with E-state index in [1.807, 2.05) is 13.8 Å². The van der Waals surface area contributed by atoms with Crippen LogP contribution in [0.2, 0.25) is 0 Å². The quantitative estimate of drug-likeness (QED) is 0.834. The SMILES string of the molecule is Cc1ccc(S(=O)(=O)O)c(C2CCCCC2)c1C. The number of hydrogen-bond acceptors (Lipinski definition) is 2. The molecule has 4 heteroatoms. The Morgan fingerprint density at radius 1 is 1.11 bits per heavy atom. The summed E-state index contributed by atoms with van der Waals surface area (Å²) in [5, 5.41) is 0. The van der Waals surface area contributed by atoms with Crippen LogP contribution in [0.25, 0.3) is 0 Å². The highest BCUT2D eigenvalue weighted by Gasteiger charge is 2.25. The second-order valence-corrected chi connectivity index (χ2v) is 6.62. The summed E-state index contributed by atoms with van der Waals surface area (Å²) in [6.07, 6.45) is 5.55. The number of aryl methyl sites for hydroxylation is 1. The number of hydrogen-bond donors (Lipinski definition) is 1. The fourth-order valence-corrected chi connectivity index (χ4v) is 3.77. The summed E-state index contributed by atoms with van der Waals surface area (Å²) in [6, 6.07) is 3.31. The monoisotopic (exact) mass is 268 g/mol. The van der Waals surface area contributed by atoms with Crippen LogP contribution in [0.4, 0.5) is 0 Å². The van der Waals surface area contributed by atoms with Crippen molar-refractivity contribution in [1.29, 1.82) is 0 Å². The van der Waals surface area contributed by atoms with E-state index >= 15 is 0 Å². The summed E-state index contributed by atoms with van der Waals surface area (Å²) >= 11 is 0. The minimum Gasteiger partial charge on any atom is -0.282 e. The van der Waals surface area contributed by atoms with E-state index in [9.17, 15) is 13.0 Å². The summed E-state index contributed by atoms with van der Waals surface area (Å²) < 4.78 is 32.4. The van der Waals surface area contributed by atoms with Crippen LogP contribution in [0.5, 0.6) is 0 Å². The van der Waals surface area contributed by atoms with Crippen molar-refractivity contribution in [2.45, 2.75) is 56.8 Å². The lowest BCUT2D eigenvalue weighted by molar-refractivity contribution is 0.432. The Morgan fingerprint density at radius 2 is 1.72 bits per heavy atom. The third-order valence-corrected chi connectivity index (χ3v) is 4.95. The van der Waals surface area contributed by atoms with Crippen LogP contribution in [-0.4, -0.2) is 13.0 Å². The van der Waals surface area contributed by atoms with Crippen LogP contribution in [0.15, 0.2) is 17.0 Å². The Kier molecular flexibility index (Phi) is 3.78. The molecule has 0 atom stereocenters. The summed E-state index contributed by atoms with van der Waals surface area (Å²) in [5.74, 6) is 0.274. The van der Waals surface area contributed by atoms with Crippen molar-refractivity contribution in [3.8, 4) is 0 Å². The maximum atomic E-state index is 11.5. The van der Waals surface area contributed by atoms with Crippen LogP contribution in [0.1, 0.15) is 54.7 Å². The summed E-state index contributed by atoms with van der Waals surface area (Å²) in [7, 11) is -4.12. The summed E-state index contributed by atoms with van der Waals surface area (Å²) in [5.41, 5.74) is 2.94. The minimum atomic E-state index is -4.12. The topological polar surface area (TPSA) is 54.4 Å². The highest BCUT2D eigenvalue weighted by Crippen LogP contribution is 2.38. The van der Waals surface area contributed by atoms with Crippen LogP contribution in [0, 0.1) is 13.8 Å². The predicted molar refractivity (Wildman–Crippen MR) is 71.6 cm³/mol. The van der Waals surface area contributed by atoms with Crippen LogP contribution in [0.3, 0.4) is 0 Å². The molecule has 1 aromatic rings. The molecule has 3 nitrogen and oxygen atoms in total. The average Bonchev–Trinajstić information content (AvgIpc) is 2.32. The third kappa shape index (κ3) is 2.59. The second kappa shape index (κ2) is 5.02. The maximum Gasteiger partial charge on any atom is 0.294 e. The zero-order valence-electron chi connectivity index (χ0n) is 10.9.